The van der Waals surface area contributed by atoms with Gasteiger partial charge in [0.2, 0.25) is 5.91 Å². The van der Waals surface area contributed by atoms with Gasteiger partial charge in [0, 0.05) is 12.3 Å². The zero-order valence-electron chi connectivity index (χ0n) is 10.0. The number of carbonyl (C=O) groups is 2. The van der Waals surface area contributed by atoms with Crippen molar-refractivity contribution in [3.63, 3.8) is 0 Å². The van der Waals surface area contributed by atoms with Crippen molar-refractivity contribution in [2.24, 2.45) is 5.41 Å². The number of piperidine rings is 1. The molecule has 0 aromatic carbocycles. The Morgan fingerprint density at radius 3 is 2.82 bits per heavy atom. The van der Waals surface area contributed by atoms with E-state index in [0.29, 0.717) is 12.3 Å². The van der Waals surface area contributed by atoms with E-state index in [4.69, 9.17) is 0 Å². The molecule has 1 atom stereocenters. The van der Waals surface area contributed by atoms with Gasteiger partial charge in [0.15, 0.2) is 0 Å². The molecule has 5 nitrogen and oxygen atoms in total. The fourth-order valence-electron chi connectivity index (χ4n) is 2.16. The SMILES string of the molecule is CC1(CNC(=O)C2CSC(=O)N2)CCNCC1. The van der Waals surface area contributed by atoms with E-state index in [1.165, 1.54) is 11.8 Å². The minimum Gasteiger partial charge on any atom is -0.354 e. The molecule has 2 aliphatic rings. The van der Waals surface area contributed by atoms with Crippen LogP contribution in [0.3, 0.4) is 0 Å². The highest BCUT2D eigenvalue weighted by atomic mass is 32.2. The van der Waals surface area contributed by atoms with E-state index in [2.05, 4.69) is 22.9 Å². The number of hydrogen-bond donors (Lipinski definition) is 3. The second-order valence-electron chi connectivity index (χ2n) is 5.07. The summed E-state index contributed by atoms with van der Waals surface area (Å²) in [4.78, 5) is 22.8. The van der Waals surface area contributed by atoms with Crippen molar-refractivity contribution >= 4 is 22.9 Å². The lowest BCUT2D eigenvalue weighted by Crippen LogP contribution is -2.48. The topological polar surface area (TPSA) is 70.2 Å². The first-order valence-corrected chi connectivity index (χ1v) is 6.99. The van der Waals surface area contributed by atoms with Crippen LogP contribution in [-0.4, -0.2) is 42.6 Å². The van der Waals surface area contributed by atoms with Crippen molar-refractivity contribution in [3.05, 3.63) is 0 Å². The molecule has 2 heterocycles. The second kappa shape index (κ2) is 5.27. The van der Waals surface area contributed by atoms with E-state index in [-0.39, 0.29) is 22.6 Å². The monoisotopic (exact) mass is 257 g/mol. The number of nitrogens with one attached hydrogen (secondary N) is 3. The van der Waals surface area contributed by atoms with Crippen LogP contribution in [0, 0.1) is 5.41 Å². The van der Waals surface area contributed by atoms with E-state index in [1.807, 2.05) is 0 Å². The maximum Gasteiger partial charge on any atom is 0.279 e. The molecule has 2 fully saturated rings. The van der Waals surface area contributed by atoms with Crippen LogP contribution < -0.4 is 16.0 Å². The highest BCUT2D eigenvalue weighted by Gasteiger charge is 2.31. The maximum absolute atomic E-state index is 11.8. The molecule has 3 N–H and O–H groups in total. The molecular formula is C11H19N3O2S. The predicted octanol–water partition coefficient (Wildman–Crippen LogP) is 0.317. The fourth-order valence-corrected chi connectivity index (χ4v) is 2.93. The molecule has 2 amide bonds. The molecule has 1 unspecified atom stereocenters. The predicted molar refractivity (Wildman–Crippen MR) is 68.0 cm³/mol. The minimum atomic E-state index is -0.349. The Kier molecular flexibility index (Phi) is 3.93. The van der Waals surface area contributed by atoms with Crippen molar-refractivity contribution in [1.82, 2.24) is 16.0 Å². The summed E-state index contributed by atoms with van der Waals surface area (Å²) in [6, 6.07) is -0.349. The van der Waals surface area contributed by atoms with Gasteiger partial charge in [0.1, 0.15) is 6.04 Å². The summed E-state index contributed by atoms with van der Waals surface area (Å²) in [6.45, 7) is 4.94. The normalized spacial score (nSPS) is 27.6. The Labute approximate surface area is 105 Å². The van der Waals surface area contributed by atoms with Gasteiger partial charge < -0.3 is 16.0 Å². The van der Waals surface area contributed by atoms with Crippen LogP contribution in [0.5, 0.6) is 0 Å². The first kappa shape index (κ1) is 12.7. The molecule has 2 saturated heterocycles. The van der Waals surface area contributed by atoms with Gasteiger partial charge in [-0.15, -0.1) is 0 Å². The minimum absolute atomic E-state index is 0.0527. The van der Waals surface area contributed by atoms with Crippen LogP contribution in [0.15, 0.2) is 0 Å². The lowest BCUT2D eigenvalue weighted by Gasteiger charge is -2.34. The van der Waals surface area contributed by atoms with Crippen LogP contribution in [0.2, 0.25) is 0 Å². The van der Waals surface area contributed by atoms with Gasteiger partial charge in [0.05, 0.1) is 0 Å². The smallest absolute Gasteiger partial charge is 0.279 e. The van der Waals surface area contributed by atoms with Crippen LogP contribution in [0.1, 0.15) is 19.8 Å². The maximum atomic E-state index is 11.8. The highest BCUT2D eigenvalue weighted by molar-refractivity contribution is 8.14. The van der Waals surface area contributed by atoms with Crippen LogP contribution in [0.25, 0.3) is 0 Å². The molecule has 0 radical (unpaired) electrons. The summed E-state index contributed by atoms with van der Waals surface area (Å²) in [7, 11) is 0. The summed E-state index contributed by atoms with van der Waals surface area (Å²) in [5.41, 5.74) is 0.191. The second-order valence-corrected chi connectivity index (χ2v) is 6.07. The molecule has 0 bridgehead atoms. The summed E-state index contributed by atoms with van der Waals surface area (Å²) >= 11 is 1.17. The van der Waals surface area contributed by atoms with Gasteiger partial charge in [-0.2, -0.15) is 0 Å². The van der Waals surface area contributed by atoms with Gasteiger partial charge in [-0.25, -0.2) is 0 Å². The van der Waals surface area contributed by atoms with Crippen molar-refractivity contribution in [2.45, 2.75) is 25.8 Å². The molecule has 2 aliphatic heterocycles. The molecule has 0 spiro atoms. The van der Waals surface area contributed by atoms with Crippen molar-refractivity contribution < 1.29 is 9.59 Å². The van der Waals surface area contributed by atoms with Gasteiger partial charge in [0.25, 0.3) is 5.24 Å². The van der Waals surface area contributed by atoms with E-state index in [9.17, 15) is 9.59 Å². The number of rotatable bonds is 3. The molecule has 0 aromatic rings. The number of thioether (sulfide) groups is 1. The molecule has 2 rings (SSSR count). The Bertz CT molecular complexity index is 316. The lowest BCUT2D eigenvalue weighted by molar-refractivity contribution is -0.122. The lowest BCUT2D eigenvalue weighted by atomic mass is 9.81. The Morgan fingerprint density at radius 1 is 1.53 bits per heavy atom. The summed E-state index contributed by atoms with van der Waals surface area (Å²) in [5.74, 6) is 0.492. The molecule has 17 heavy (non-hydrogen) atoms. The molecular weight excluding hydrogens is 238 g/mol. The molecule has 0 aliphatic carbocycles. The van der Waals surface area contributed by atoms with E-state index in [1.54, 1.807) is 0 Å². The van der Waals surface area contributed by atoms with E-state index in [0.717, 1.165) is 25.9 Å². The Balaban J connectivity index is 1.77. The van der Waals surface area contributed by atoms with E-state index < -0.39 is 0 Å². The first-order chi connectivity index (χ1) is 8.09. The van der Waals surface area contributed by atoms with Crippen molar-refractivity contribution in [3.8, 4) is 0 Å². The Morgan fingerprint density at radius 2 is 2.24 bits per heavy atom. The van der Waals surface area contributed by atoms with Gasteiger partial charge in [-0.3, -0.25) is 9.59 Å². The van der Waals surface area contributed by atoms with Crippen LogP contribution >= 0.6 is 11.8 Å². The number of hydrogen-bond acceptors (Lipinski definition) is 4. The zero-order valence-corrected chi connectivity index (χ0v) is 10.9. The standard InChI is InChI=1S/C11H19N3O2S/c1-11(2-4-12-5-3-11)7-13-9(15)8-6-17-10(16)14-8/h8,12H,2-7H2,1H3,(H,13,15)(H,14,16). The number of carbonyl (C=O) groups excluding carboxylic acids is 2. The van der Waals surface area contributed by atoms with Gasteiger partial charge >= 0.3 is 0 Å². The summed E-state index contributed by atoms with van der Waals surface area (Å²) < 4.78 is 0. The third-order valence-corrected chi connectivity index (χ3v) is 4.37. The van der Waals surface area contributed by atoms with Crippen molar-refractivity contribution in [2.75, 3.05) is 25.4 Å². The quantitative estimate of drug-likeness (QED) is 0.681. The average Bonchev–Trinajstić information content (AvgIpc) is 2.74. The molecule has 0 aromatic heterocycles. The Hall–Kier alpha value is -0.750. The first-order valence-electron chi connectivity index (χ1n) is 6.01. The zero-order chi connectivity index (χ0) is 12.3. The summed E-state index contributed by atoms with van der Waals surface area (Å²) in [6.07, 6.45) is 2.16. The third kappa shape index (κ3) is 3.35. The fraction of sp³-hybridized carbons (Fsp3) is 0.818. The van der Waals surface area contributed by atoms with Crippen LogP contribution in [-0.2, 0) is 4.79 Å². The molecule has 0 saturated carbocycles. The van der Waals surface area contributed by atoms with Gasteiger partial charge in [-0.05, 0) is 31.3 Å². The van der Waals surface area contributed by atoms with Crippen LogP contribution in [0.4, 0.5) is 4.79 Å². The van der Waals surface area contributed by atoms with Gasteiger partial charge in [-0.1, -0.05) is 18.7 Å². The molecule has 6 heteroatoms. The third-order valence-electron chi connectivity index (χ3n) is 3.49. The highest BCUT2D eigenvalue weighted by Crippen LogP contribution is 2.26. The van der Waals surface area contributed by atoms with E-state index >= 15 is 0 Å². The number of amides is 2. The molecule has 96 valence electrons. The van der Waals surface area contributed by atoms with Crippen molar-refractivity contribution in [1.29, 1.82) is 0 Å². The summed E-state index contributed by atoms with van der Waals surface area (Å²) in [5, 5.41) is 8.83. The average molecular weight is 257 g/mol. The largest absolute Gasteiger partial charge is 0.354 e.